The Balaban J connectivity index is 1.48. The third kappa shape index (κ3) is 3.04. The summed E-state index contributed by atoms with van der Waals surface area (Å²) in [6.45, 7) is 0.237. The zero-order valence-electron chi connectivity index (χ0n) is 13.6. The van der Waals surface area contributed by atoms with Gasteiger partial charge in [0, 0.05) is 24.7 Å². The predicted octanol–water partition coefficient (Wildman–Crippen LogP) is 2.61. The molecule has 1 saturated carbocycles. The highest BCUT2D eigenvalue weighted by atomic mass is 32.2. The van der Waals surface area contributed by atoms with Crippen molar-refractivity contribution in [2.45, 2.75) is 29.8 Å². The Morgan fingerprint density at radius 3 is 2.50 bits per heavy atom. The zero-order valence-corrected chi connectivity index (χ0v) is 15.2. The first-order chi connectivity index (χ1) is 12.3. The van der Waals surface area contributed by atoms with Gasteiger partial charge in [0.1, 0.15) is 11.6 Å². The number of nitrogens with one attached hydrogen (secondary N) is 1. The molecule has 1 aromatic carbocycles. The van der Waals surface area contributed by atoms with Crippen molar-refractivity contribution in [2.24, 2.45) is 5.92 Å². The molecular formula is C17H16F2N2O3S2. The maximum atomic E-state index is 13.4. The maximum Gasteiger partial charge on any atom is 0.261 e. The van der Waals surface area contributed by atoms with Gasteiger partial charge in [0.15, 0.2) is 0 Å². The lowest BCUT2D eigenvalue weighted by molar-refractivity contribution is 0.0923. The number of hydrogen-bond donors (Lipinski definition) is 1. The summed E-state index contributed by atoms with van der Waals surface area (Å²) < 4.78 is 53.6. The summed E-state index contributed by atoms with van der Waals surface area (Å²) in [5.41, 5.74) is 0. The summed E-state index contributed by atoms with van der Waals surface area (Å²) in [6, 6.07) is 5.48. The molecule has 4 rings (SSSR count). The lowest BCUT2D eigenvalue weighted by Crippen LogP contribution is -2.47. The van der Waals surface area contributed by atoms with E-state index in [2.05, 4.69) is 5.32 Å². The van der Waals surface area contributed by atoms with Crippen LogP contribution in [0.3, 0.4) is 0 Å². The number of piperidine rings is 1. The highest BCUT2D eigenvalue weighted by Crippen LogP contribution is 2.41. The number of amides is 1. The Morgan fingerprint density at radius 1 is 1.19 bits per heavy atom. The quantitative estimate of drug-likeness (QED) is 0.861. The normalized spacial score (nSPS) is 25.5. The van der Waals surface area contributed by atoms with Crippen LogP contribution in [-0.4, -0.2) is 37.3 Å². The summed E-state index contributed by atoms with van der Waals surface area (Å²) in [5.74, 6) is -2.00. The average Bonchev–Trinajstić information content (AvgIpc) is 3.30. The number of fused-ring (bicyclic) bond motifs is 2. The van der Waals surface area contributed by atoms with Gasteiger partial charge in [0.05, 0.1) is 9.77 Å². The molecule has 1 aliphatic heterocycles. The van der Waals surface area contributed by atoms with E-state index in [1.165, 1.54) is 15.6 Å². The van der Waals surface area contributed by atoms with Crippen LogP contribution in [0.4, 0.5) is 8.78 Å². The van der Waals surface area contributed by atoms with E-state index in [0.717, 1.165) is 12.1 Å². The number of hydrogen-bond acceptors (Lipinski definition) is 4. The summed E-state index contributed by atoms with van der Waals surface area (Å²) in [6.07, 6.45) is 1.13. The van der Waals surface area contributed by atoms with Gasteiger partial charge in [-0.05, 0) is 42.3 Å². The minimum absolute atomic E-state index is 0.00269. The number of nitrogens with zero attached hydrogens (tertiary/aromatic N) is 1. The Hall–Kier alpha value is -1.84. The van der Waals surface area contributed by atoms with Gasteiger partial charge in [-0.3, -0.25) is 4.79 Å². The van der Waals surface area contributed by atoms with Crippen molar-refractivity contribution in [1.82, 2.24) is 9.62 Å². The molecule has 1 amide bonds. The molecule has 3 atom stereocenters. The van der Waals surface area contributed by atoms with Gasteiger partial charge in [-0.15, -0.1) is 11.3 Å². The van der Waals surface area contributed by atoms with Crippen molar-refractivity contribution in [1.29, 1.82) is 0 Å². The van der Waals surface area contributed by atoms with Gasteiger partial charge < -0.3 is 5.32 Å². The molecule has 138 valence electrons. The number of carbonyl (C=O) groups excluding carboxylic acids is 1. The van der Waals surface area contributed by atoms with Gasteiger partial charge in [-0.25, -0.2) is 17.2 Å². The van der Waals surface area contributed by atoms with Crippen molar-refractivity contribution >= 4 is 27.3 Å². The Kier molecular flexibility index (Phi) is 4.32. The molecule has 0 radical (unpaired) electrons. The molecule has 1 saturated heterocycles. The molecule has 5 nitrogen and oxygen atoms in total. The molecule has 2 fully saturated rings. The SMILES string of the molecule is O=C(NC1CC2CC1CN2S(=O)(=O)c1cc(F)cc(F)c1)c1cccs1. The Labute approximate surface area is 153 Å². The van der Waals surface area contributed by atoms with E-state index >= 15 is 0 Å². The lowest BCUT2D eigenvalue weighted by atomic mass is 10.0. The third-order valence-corrected chi connectivity index (χ3v) is 7.76. The Morgan fingerprint density at radius 2 is 1.92 bits per heavy atom. The smallest absolute Gasteiger partial charge is 0.261 e. The predicted molar refractivity (Wildman–Crippen MR) is 92.3 cm³/mol. The van der Waals surface area contributed by atoms with Crippen LogP contribution in [-0.2, 0) is 10.0 Å². The van der Waals surface area contributed by atoms with Gasteiger partial charge in [-0.2, -0.15) is 4.31 Å². The van der Waals surface area contributed by atoms with Crippen molar-refractivity contribution < 1.29 is 22.0 Å². The average molecular weight is 398 g/mol. The van der Waals surface area contributed by atoms with Crippen molar-refractivity contribution in [3.05, 3.63) is 52.2 Å². The molecule has 1 aliphatic carbocycles. The second-order valence-corrected chi connectivity index (χ2v) is 9.46. The monoisotopic (exact) mass is 398 g/mol. The summed E-state index contributed by atoms with van der Waals surface area (Å²) in [4.78, 5) is 12.4. The van der Waals surface area contributed by atoms with Crippen LogP contribution in [0.25, 0.3) is 0 Å². The first kappa shape index (κ1) is 17.6. The van der Waals surface area contributed by atoms with Crippen LogP contribution in [0.5, 0.6) is 0 Å². The number of halogens is 2. The number of thiophene rings is 1. The fraction of sp³-hybridized carbons (Fsp3) is 0.353. The molecule has 26 heavy (non-hydrogen) atoms. The molecule has 3 unspecified atom stereocenters. The topological polar surface area (TPSA) is 66.5 Å². The van der Waals surface area contributed by atoms with Crippen molar-refractivity contribution in [3.63, 3.8) is 0 Å². The van der Waals surface area contributed by atoms with Crippen LogP contribution in [0.1, 0.15) is 22.5 Å². The Bertz CT molecular complexity index is 927. The van der Waals surface area contributed by atoms with Gasteiger partial charge >= 0.3 is 0 Å². The highest BCUT2D eigenvalue weighted by molar-refractivity contribution is 7.89. The molecule has 1 N–H and O–H groups in total. The van der Waals surface area contributed by atoms with Crippen LogP contribution < -0.4 is 5.32 Å². The molecule has 2 aromatic rings. The summed E-state index contributed by atoms with van der Waals surface area (Å²) in [7, 11) is -3.97. The standard InChI is InChI=1S/C17H16F2N2O3S2/c18-11-5-12(19)7-14(6-11)26(23,24)21-9-10-4-13(21)8-15(10)20-17(22)16-2-1-3-25-16/h1-3,5-7,10,13,15H,4,8-9H2,(H,20,22). The largest absolute Gasteiger partial charge is 0.348 e. The zero-order chi connectivity index (χ0) is 18.5. The fourth-order valence-corrected chi connectivity index (χ4v) is 6.22. The van der Waals surface area contributed by atoms with E-state index in [1.807, 2.05) is 5.38 Å². The van der Waals surface area contributed by atoms with E-state index < -0.39 is 21.7 Å². The second kappa shape index (κ2) is 6.40. The molecular weight excluding hydrogens is 382 g/mol. The van der Waals surface area contributed by atoms with Crippen LogP contribution >= 0.6 is 11.3 Å². The van der Waals surface area contributed by atoms with Gasteiger partial charge in [-0.1, -0.05) is 6.07 Å². The number of rotatable bonds is 4. The van der Waals surface area contributed by atoms with Gasteiger partial charge in [0.2, 0.25) is 10.0 Å². The third-order valence-electron chi connectivity index (χ3n) is 5.00. The van der Waals surface area contributed by atoms with Crippen molar-refractivity contribution in [2.75, 3.05) is 6.54 Å². The molecule has 0 spiro atoms. The molecule has 1 aromatic heterocycles. The number of carbonyl (C=O) groups is 1. The van der Waals surface area contributed by atoms with E-state index in [9.17, 15) is 22.0 Å². The second-order valence-electron chi connectivity index (χ2n) is 6.62. The van der Waals surface area contributed by atoms with E-state index in [-0.39, 0.29) is 35.3 Å². The lowest BCUT2D eigenvalue weighted by Gasteiger charge is -2.31. The minimum Gasteiger partial charge on any atom is -0.348 e. The molecule has 2 aliphatic rings. The molecule has 9 heteroatoms. The van der Waals surface area contributed by atoms with E-state index in [0.29, 0.717) is 23.8 Å². The van der Waals surface area contributed by atoms with Crippen LogP contribution in [0, 0.1) is 17.6 Å². The minimum atomic E-state index is -3.97. The molecule has 2 heterocycles. The van der Waals surface area contributed by atoms with Gasteiger partial charge in [0.25, 0.3) is 5.91 Å². The van der Waals surface area contributed by atoms with E-state index in [1.54, 1.807) is 12.1 Å². The van der Waals surface area contributed by atoms with Crippen molar-refractivity contribution in [3.8, 4) is 0 Å². The van der Waals surface area contributed by atoms with Crippen LogP contribution in [0.15, 0.2) is 40.6 Å². The fourth-order valence-electron chi connectivity index (χ4n) is 3.84. The van der Waals surface area contributed by atoms with E-state index in [4.69, 9.17) is 0 Å². The maximum absolute atomic E-state index is 13.4. The summed E-state index contributed by atoms with van der Waals surface area (Å²) >= 11 is 1.35. The molecule has 2 bridgehead atoms. The summed E-state index contributed by atoms with van der Waals surface area (Å²) in [5, 5.41) is 4.79. The van der Waals surface area contributed by atoms with Crippen LogP contribution in [0.2, 0.25) is 0 Å². The highest BCUT2D eigenvalue weighted by Gasteiger charge is 2.49. The first-order valence-electron chi connectivity index (χ1n) is 8.17. The number of sulfonamides is 1. The number of benzene rings is 1. The first-order valence-corrected chi connectivity index (χ1v) is 10.5.